The van der Waals surface area contributed by atoms with Crippen LogP contribution in [0.2, 0.25) is 0 Å². The average molecular weight is 201 g/mol. The van der Waals surface area contributed by atoms with Gasteiger partial charge < -0.3 is 11.5 Å². The highest BCUT2D eigenvalue weighted by atomic mass is 16.1. The molecule has 4 heteroatoms. The normalized spacial score (nSPS) is 13.6. The Morgan fingerprint density at radius 1 is 1.36 bits per heavy atom. The van der Waals surface area contributed by atoms with Crippen molar-refractivity contribution in [3.05, 3.63) is 0 Å². The van der Waals surface area contributed by atoms with E-state index in [-0.39, 0.29) is 11.9 Å². The van der Waals surface area contributed by atoms with Crippen molar-refractivity contribution in [1.29, 1.82) is 0 Å². The first-order chi connectivity index (χ1) is 6.58. The van der Waals surface area contributed by atoms with E-state index in [1.807, 2.05) is 6.92 Å². The van der Waals surface area contributed by atoms with Crippen molar-refractivity contribution in [3.63, 3.8) is 0 Å². The Bertz CT molecular complexity index is 169. The zero-order valence-electron chi connectivity index (χ0n) is 9.49. The van der Waals surface area contributed by atoms with Gasteiger partial charge in [-0.1, -0.05) is 13.8 Å². The minimum Gasteiger partial charge on any atom is -0.368 e. The number of carbonyl (C=O) groups is 1. The molecule has 4 N–H and O–H groups in total. The first-order valence-electron chi connectivity index (χ1n) is 5.33. The number of amides is 1. The minimum absolute atomic E-state index is 0.219. The second-order valence-electron chi connectivity index (χ2n) is 3.58. The summed E-state index contributed by atoms with van der Waals surface area (Å²) >= 11 is 0. The van der Waals surface area contributed by atoms with Gasteiger partial charge in [-0.3, -0.25) is 9.69 Å². The molecule has 0 saturated heterocycles. The number of nitrogens with zero attached hydrogens (tertiary/aromatic N) is 1. The van der Waals surface area contributed by atoms with Crippen LogP contribution in [0.1, 0.15) is 33.6 Å². The van der Waals surface area contributed by atoms with Crippen LogP contribution in [0.3, 0.4) is 0 Å². The lowest BCUT2D eigenvalue weighted by Crippen LogP contribution is -2.49. The lowest BCUT2D eigenvalue weighted by molar-refractivity contribution is -0.123. The van der Waals surface area contributed by atoms with Gasteiger partial charge in [-0.2, -0.15) is 0 Å². The van der Waals surface area contributed by atoms with Crippen LogP contribution in [0.4, 0.5) is 0 Å². The van der Waals surface area contributed by atoms with Gasteiger partial charge in [0.2, 0.25) is 5.91 Å². The molecular formula is C10H23N3O. The van der Waals surface area contributed by atoms with Gasteiger partial charge in [0.25, 0.3) is 0 Å². The summed E-state index contributed by atoms with van der Waals surface area (Å²) < 4.78 is 0. The van der Waals surface area contributed by atoms with Crippen molar-refractivity contribution in [1.82, 2.24) is 4.90 Å². The van der Waals surface area contributed by atoms with Gasteiger partial charge >= 0.3 is 0 Å². The molecule has 0 spiro atoms. The van der Waals surface area contributed by atoms with Crippen molar-refractivity contribution in [2.75, 3.05) is 13.1 Å². The van der Waals surface area contributed by atoms with E-state index >= 15 is 0 Å². The molecule has 0 aliphatic heterocycles. The van der Waals surface area contributed by atoms with Crippen molar-refractivity contribution >= 4 is 5.91 Å². The molecule has 0 aromatic rings. The average Bonchev–Trinajstić information content (AvgIpc) is 2.17. The summed E-state index contributed by atoms with van der Waals surface area (Å²) in [6, 6.07) is 0.185. The summed E-state index contributed by atoms with van der Waals surface area (Å²) in [4.78, 5) is 13.2. The SMILES string of the molecule is CCC(CC)N(CCN)C(C)C(N)=O. The van der Waals surface area contributed by atoms with Gasteiger partial charge in [0.1, 0.15) is 0 Å². The molecule has 0 aromatic carbocycles. The Kier molecular flexibility index (Phi) is 6.49. The molecule has 0 radical (unpaired) electrons. The highest BCUT2D eigenvalue weighted by Gasteiger charge is 2.23. The first kappa shape index (κ1) is 13.4. The standard InChI is InChI=1S/C10H23N3O/c1-4-9(5-2)13(7-6-11)8(3)10(12)14/h8-9H,4-7,11H2,1-3H3,(H2,12,14). The second kappa shape index (κ2) is 6.79. The molecule has 0 bridgehead atoms. The maximum atomic E-state index is 11.1. The fraction of sp³-hybridized carbons (Fsp3) is 0.900. The number of hydrogen-bond donors (Lipinski definition) is 2. The van der Waals surface area contributed by atoms with E-state index in [4.69, 9.17) is 11.5 Å². The quantitative estimate of drug-likeness (QED) is 0.622. The molecule has 1 atom stereocenters. The zero-order chi connectivity index (χ0) is 11.1. The van der Waals surface area contributed by atoms with E-state index in [2.05, 4.69) is 18.7 Å². The summed E-state index contributed by atoms with van der Waals surface area (Å²) in [6.45, 7) is 7.37. The maximum Gasteiger partial charge on any atom is 0.234 e. The highest BCUT2D eigenvalue weighted by Crippen LogP contribution is 2.11. The van der Waals surface area contributed by atoms with E-state index in [1.165, 1.54) is 0 Å². The van der Waals surface area contributed by atoms with E-state index in [0.29, 0.717) is 12.6 Å². The third kappa shape index (κ3) is 3.64. The molecule has 0 rings (SSSR count). The van der Waals surface area contributed by atoms with Crippen LogP contribution in [0.25, 0.3) is 0 Å². The first-order valence-corrected chi connectivity index (χ1v) is 5.33. The Labute approximate surface area is 86.6 Å². The van der Waals surface area contributed by atoms with Gasteiger partial charge in [-0.05, 0) is 19.8 Å². The number of primary amides is 1. The van der Waals surface area contributed by atoms with Gasteiger partial charge in [0.05, 0.1) is 6.04 Å². The van der Waals surface area contributed by atoms with Gasteiger partial charge in [-0.15, -0.1) is 0 Å². The molecule has 1 unspecified atom stereocenters. The van der Waals surface area contributed by atoms with Crippen LogP contribution in [0.5, 0.6) is 0 Å². The molecule has 0 fully saturated rings. The minimum atomic E-state index is -0.273. The predicted octanol–water partition coefficient (Wildman–Crippen LogP) is 0.310. The summed E-state index contributed by atoms with van der Waals surface area (Å²) in [5, 5.41) is 0. The molecule has 0 aromatic heterocycles. The Morgan fingerprint density at radius 2 is 1.86 bits per heavy atom. The highest BCUT2D eigenvalue weighted by molar-refractivity contribution is 5.79. The third-order valence-corrected chi connectivity index (χ3v) is 2.71. The van der Waals surface area contributed by atoms with Crippen molar-refractivity contribution in [2.45, 2.75) is 45.7 Å². The number of carbonyl (C=O) groups excluding carboxylic acids is 1. The predicted molar refractivity (Wildman–Crippen MR) is 58.8 cm³/mol. The Morgan fingerprint density at radius 3 is 2.14 bits per heavy atom. The smallest absolute Gasteiger partial charge is 0.234 e. The number of rotatable bonds is 7. The Balaban J connectivity index is 4.46. The zero-order valence-corrected chi connectivity index (χ0v) is 9.49. The third-order valence-electron chi connectivity index (χ3n) is 2.71. The monoisotopic (exact) mass is 201 g/mol. The van der Waals surface area contributed by atoms with E-state index in [9.17, 15) is 4.79 Å². The largest absolute Gasteiger partial charge is 0.368 e. The molecule has 0 aliphatic carbocycles. The Hall–Kier alpha value is -0.610. The summed E-state index contributed by atoms with van der Waals surface area (Å²) in [6.07, 6.45) is 2.04. The lowest BCUT2D eigenvalue weighted by atomic mass is 10.1. The fourth-order valence-corrected chi connectivity index (χ4v) is 1.76. The number of nitrogens with two attached hydrogens (primary N) is 2. The van der Waals surface area contributed by atoms with Gasteiger partial charge in [-0.25, -0.2) is 0 Å². The van der Waals surface area contributed by atoms with Crippen LogP contribution >= 0.6 is 0 Å². The van der Waals surface area contributed by atoms with E-state index in [1.54, 1.807) is 0 Å². The summed E-state index contributed by atoms with van der Waals surface area (Å²) in [5.41, 5.74) is 10.8. The van der Waals surface area contributed by atoms with Crippen LogP contribution in [0.15, 0.2) is 0 Å². The molecule has 14 heavy (non-hydrogen) atoms. The van der Waals surface area contributed by atoms with Crippen LogP contribution < -0.4 is 11.5 Å². The van der Waals surface area contributed by atoms with Gasteiger partial charge in [0, 0.05) is 19.1 Å². The number of hydrogen-bond acceptors (Lipinski definition) is 3. The van der Waals surface area contributed by atoms with E-state index < -0.39 is 0 Å². The fourth-order valence-electron chi connectivity index (χ4n) is 1.76. The lowest BCUT2D eigenvalue weighted by Gasteiger charge is -2.33. The molecular weight excluding hydrogens is 178 g/mol. The van der Waals surface area contributed by atoms with Crippen LogP contribution in [-0.2, 0) is 4.79 Å². The summed E-state index contributed by atoms with van der Waals surface area (Å²) in [5.74, 6) is -0.273. The molecule has 4 nitrogen and oxygen atoms in total. The molecule has 0 saturated carbocycles. The molecule has 0 aliphatic rings. The molecule has 0 heterocycles. The second-order valence-corrected chi connectivity index (χ2v) is 3.58. The molecule has 84 valence electrons. The molecule has 1 amide bonds. The van der Waals surface area contributed by atoms with Crippen LogP contribution in [0, 0.1) is 0 Å². The summed E-state index contributed by atoms with van der Waals surface area (Å²) in [7, 11) is 0. The van der Waals surface area contributed by atoms with Crippen LogP contribution in [-0.4, -0.2) is 36.0 Å². The van der Waals surface area contributed by atoms with Crippen molar-refractivity contribution in [3.8, 4) is 0 Å². The topological polar surface area (TPSA) is 72.3 Å². The van der Waals surface area contributed by atoms with Crippen molar-refractivity contribution in [2.24, 2.45) is 11.5 Å². The van der Waals surface area contributed by atoms with E-state index in [0.717, 1.165) is 19.4 Å². The maximum absolute atomic E-state index is 11.1. The van der Waals surface area contributed by atoms with Gasteiger partial charge in [0.15, 0.2) is 0 Å². The van der Waals surface area contributed by atoms with Crippen molar-refractivity contribution < 1.29 is 4.79 Å².